The number of thiophene rings is 1. The highest BCUT2D eigenvalue weighted by Gasteiger charge is 2.22. The lowest BCUT2D eigenvalue weighted by Gasteiger charge is -2.09. The molecule has 0 bridgehead atoms. The summed E-state index contributed by atoms with van der Waals surface area (Å²) in [6.07, 6.45) is 0. The van der Waals surface area contributed by atoms with Crippen molar-refractivity contribution in [1.29, 1.82) is 0 Å². The normalized spacial score (nSPS) is 10.3. The van der Waals surface area contributed by atoms with Crippen LogP contribution in [0.25, 0.3) is 0 Å². The summed E-state index contributed by atoms with van der Waals surface area (Å²) >= 11 is 7.35. The fourth-order valence-corrected chi connectivity index (χ4v) is 3.61. The summed E-state index contributed by atoms with van der Waals surface area (Å²) in [6.45, 7) is 6.39. The number of halogens is 1. The smallest absolute Gasteiger partial charge is 0.341 e. The Balaban J connectivity index is 2.04. The lowest BCUT2D eigenvalue weighted by atomic mass is 10.1. The van der Waals surface area contributed by atoms with Gasteiger partial charge in [0.25, 0.3) is 5.91 Å². The van der Waals surface area contributed by atoms with Gasteiger partial charge in [0.1, 0.15) is 5.00 Å². The lowest BCUT2D eigenvalue weighted by molar-refractivity contribution is -0.119. The number of aryl methyl sites for hydroxylation is 2. The summed E-state index contributed by atoms with van der Waals surface area (Å²) in [4.78, 5) is 36.6. The molecule has 2 aromatic rings. The highest BCUT2D eigenvalue weighted by molar-refractivity contribution is 7.16. The molecule has 2 N–H and O–H groups in total. The highest BCUT2D eigenvalue weighted by atomic mass is 35.5. The van der Waals surface area contributed by atoms with E-state index < -0.39 is 18.5 Å². The molecule has 0 radical (unpaired) electrons. The fraction of sp³-hybridized carbons (Fsp3) is 0.278. The zero-order valence-electron chi connectivity index (χ0n) is 14.9. The van der Waals surface area contributed by atoms with Crippen LogP contribution >= 0.6 is 22.9 Å². The third-order valence-corrected chi connectivity index (χ3v) is 5.05. The number of esters is 1. The van der Waals surface area contributed by atoms with E-state index in [1.165, 1.54) is 18.3 Å². The minimum Gasteiger partial charge on any atom is -0.452 e. The van der Waals surface area contributed by atoms with E-state index in [1.807, 2.05) is 19.9 Å². The standard InChI is InChI=1S/C18H19ClN2O4S/c1-9-5-6-14(13(19)7-9)21-15(23)8-25-18(24)16-10(2)11(3)26-17(16)20-12(4)22/h5-7H,8H2,1-4H3,(H,20,22)(H,21,23). The largest absolute Gasteiger partial charge is 0.452 e. The second kappa shape index (κ2) is 8.33. The van der Waals surface area contributed by atoms with Gasteiger partial charge in [0.05, 0.1) is 16.3 Å². The van der Waals surface area contributed by atoms with Crippen LogP contribution in [0.2, 0.25) is 5.02 Å². The minimum absolute atomic E-state index is 0.267. The van der Waals surface area contributed by atoms with Crippen molar-refractivity contribution in [3.63, 3.8) is 0 Å². The Labute approximate surface area is 160 Å². The van der Waals surface area contributed by atoms with Gasteiger partial charge in [0.2, 0.25) is 5.91 Å². The SMILES string of the molecule is CC(=O)Nc1sc(C)c(C)c1C(=O)OCC(=O)Nc1ccc(C)cc1Cl. The van der Waals surface area contributed by atoms with Crippen molar-refractivity contribution < 1.29 is 19.1 Å². The first-order valence-electron chi connectivity index (χ1n) is 7.79. The molecule has 138 valence electrons. The molecule has 8 heteroatoms. The van der Waals surface area contributed by atoms with Crippen LogP contribution in [-0.2, 0) is 14.3 Å². The molecule has 2 rings (SSSR count). The minimum atomic E-state index is -0.666. The summed E-state index contributed by atoms with van der Waals surface area (Å²) in [7, 11) is 0. The van der Waals surface area contributed by atoms with Crippen molar-refractivity contribution in [2.75, 3.05) is 17.2 Å². The Morgan fingerprint density at radius 3 is 2.46 bits per heavy atom. The zero-order valence-corrected chi connectivity index (χ0v) is 16.4. The summed E-state index contributed by atoms with van der Waals surface area (Å²) in [6, 6.07) is 5.21. The second-order valence-electron chi connectivity index (χ2n) is 5.78. The maximum absolute atomic E-state index is 12.4. The second-order valence-corrected chi connectivity index (χ2v) is 7.41. The Morgan fingerprint density at radius 2 is 1.85 bits per heavy atom. The quantitative estimate of drug-likeness (QED) is 0.748. The molecule has 0 saturated heterocycles. The summed E-state index contributed by atoms with van der Waals surface area (Å²) < 4.78 is 5.10. The third-order valence-electron chi connectivity index (χ3n) is 3.61. The number of nitrogens with one attached hydrogen (secondary N) is 2. The summed E-state index contributed by atoms with van der Waals surface area (Å²) in [5.74, 6) is -1.46. The molecular weight excluding hydrogens is 376 g/mol. The third kappa shape index (κ3) is 4.83. The molecule has 0 aliphatic carbocycles. The van der Waals surface area contributed by atoms with Crippen LogP contribution in [0.5, 0.6) is 0 Å². The van der Waals surface area contributed by atoms with Gasteiger partial charge in [-0.2, -0.15) is 0 Å². The van der Waals surface area contributed by atoms with Crippen molar-refractivity contribution in [1.82, 2.24) is 0 Å². The molecule has 0 aliphatic heterocycles. The molecule has 1 aromatic heterocycles. The lowest BCUT2D eigenvalue weighted by Crippen LogP contribution is -2.22. The molecule has 1 aromatic carbocycles. The van der Waals surface area contributed by atoms with E-state index in [4.69, 9.17) is 16.3 Å². The Hall–Kier alpha value is -2.38. The van der Waals surface area contributed by atoms with E-state index >= 15 is 0 Å². The molecule has 1 heterocycles. The van der Waals surface area contributed by atoms with Gasteiger partial charge in [-0.1, -0.05) is 17.7 Å². The number of benzene rings is 1. The molecular formula is C18H19ClN2O4S. The van der Waals surface area contributed by atoms with Crippen LogP contribution < -0.4 is 10.6 Å². The number of anilines is 2. The van der Waals surface area contributed by atoms with Crippen LogP contribution in [-0.4, -0.2) is 24.4 Å². The van der Waals surface area contributed by atoms with Crippen LogP contribution in [0.1, 0.15) is 33.3 Å². The number of amides is 2. The molecule has 0 saturated carbocycles. The Bertz CT molecular complexity index is 876. The van der Waals surface area contributed by atoms with Crippen molar-refractivity contribution in [3.8, 4) is 0 Å². The zero-order chi connectivity index (χ0) is 19.4. The van der Waals surface area contributed by atoms with E-state index in [9.17, 15) is 14.4 Å². The van der Waals surface area contributed by atoms with Crippen LogP contribution in [0.15, 0.2) is 18.2 Å². The number of hydrogen-bond donors (Lipinski definition) is 2. The molecule has 0 spiro atoms. The van der Waals surface area contributed by atoms with Crippen molar-refractivity contribution >= 4 is 51.4 Å². The van der Waals surface area contributed by atoms with Gasteiger partial charge in [0.15, 0.2) is 6.61 Å². The van der Waals surface area contributed by atoms with Gasteiger partial charge in [-0.25, -0.2) is 4.79 Å². The summed E-state index contributed by atoms with van der Waals surface area (Å²) in [5, 5.41) is 6.03. The highest BCUT2D eigenvalue weighted by Crippen LogP contribution is 2.33. The molecule has 0 atom stereocenters. The predicted molar refractivity (Wildman–Crippen MR) is 103 cm³/mol. The van der Waals surface area contributed by atoms with Crippen LogP contribution in [0.3, 0.4) is 0 Å². The van der Waals surface area contributed by atoms with Crippen molar-refractivity contribution in [2.24, 2.45) is 0 Å². The van der Waals surface area contributed by atoms with Gasteiger partial charge in [-0.15, -0.1) is 11.3 Å². The Kier molecular flexibility index (Phi) is 6.39. The molecule has 26 heavy (non-hydrogen) atoms. The van der Waals surface area contributed by atoms with Gasteiger partial charge < -0.3 is 15.4 Å². The van der Waals surface area contributed by atoms with Crippen molar-refractivity contribution in [2.45, 2.75) is 27.7 Å². The van der Waals surface area contributed by atoms with Gasteiger partial charge >= 0.3 is 5.97 Å². The van der Waals surface area contributed by atoms with E-state index in [2.05, 4.69) is 10.6 Å². The molecule has 0 unspecified atom stereocenters. The number of carbonyl (C=O) groups is 3. The molecule has 2 amide bonds. The maximum Gasteiger partial charge on any atom is 0.341 e. The van der Waals surface area contributed by atoms with E-state index in [0.29, 0.717) is 21.3 Å². The predicted octanol–water partition coefficient (Wildman–Crippen LogP) is 4.08. The average Bonchev–Trinajstić information content (AvgIpc) is 2.81. The molecule has 0 fully saturated rings. The van der Waals surface area contributed by atoms with E-state index in [0.717, 1.165) is 10.4 Å². The summed E-state index contributed by atoms with van der Waals surface area (Å²) in [5.41, 5.74) is 2.39. The van der Waals surface area contributed by atoms with Crippen molar-refractivity contribution in [3.05, 3.63) is 44.8 Å². The first kappa shape index (κ1) is 19.9. The monoisotopic (exact) mass is 394 g/mol. The van der Waals surface area contributed by atoms with Crippen LogP contribution in [0, 0.1) is 20.8 Å². The van der Waals surface area contributed by atoms with Gasteiger partial charge in [-0.3, -0.25) is 9.59 Å². The van der Waals surface area contributed by atoms with E-state index in [1.54, 1.807) is 19.1 Å². The molecule has 0 aliphatic rings. The fourth-order valence-electron chi connectivity index (χ4n) is 2.23. The number of ether oxygens (including phenoxy) is 1. The maximum atomic E-state index is 12.4. The Morgan fingerprint density at radius 1 is 1.15 bits per heavy atom. The molecule has 6 nitrogen and oxygen atoms in total. The number of hydrogen-bond acceptors (Lipinski definition) is 5. The van der Waals surface area contributed by atoms with Gasteiger partial charge in [0, 0.05) is 11.8 Å². The number of carbonyl (C=O) groups excluding carboxylic acids is 3. The van der Waals surface area contributed by atoms with Crippen LogP contribution in [0.4, 0.5) is 10.7 Å². The first-order valence-corrected chi connectivity index (χ1v) is 8.99. The number of rotatable bonds is 5. The van der Waals surface area contributed by atoms with Gasteiger partial charge in [-0.05, 0) is 44.0 Å². The van der Waals surface area contributed by atoms with E-state index in [-0.39, 0.29) is 11.5 Å². The average molecular weight is 395 g/mol. The topological polar surface area (TPSA) is 84.5 Å². The first-order chi connectivity index (χ1) is 12.2.